The molecule has 0 N–H and O–H groups in total. The van der Waals surface area contributed by atoms with Crippen LogP contribution in [0.25, 0.3) is 0 Å². The van der Waals surface area contributed by atoms with Gasteiger partial charge in [0.25, 0.3) is 0 Å². The quantitative estimate of drug-likeness (QED) is 0.435. The van der Waals surface area contributed by atoms with Crippen LogP contribution in [-0.4, -0.2) is 26.5 Å². The molecule has 0 aliphatic heterocycles. The lowest BCUT2D eigenvalue weighted by molar-refractivity contribution is 0.208. The zero-order valence-corrected chi connectivity index (χ0v) is 7.35. The van der Waals surface area contributed by atoms with Crippen LogP contribution in [0.4, 0.5) is 0 Å². The van der Waals surface area contributed by atoms with E-state index in [9.17, 15) is 0 Å². The summed E-state index contributed by atoms with van der Waals surface area (Å²) >= 11 is 0. The van der Waals surface area contributed by atoms with Crippen LogP contribution in [0.3, 0.4) is 0 Å². The summed E-state index contributed by atoms with van der Waals surface area (Å²) in [6.45, 7) is 7.87. The van der Waals surface area contributed by atoms with Crippen LogP contribution in [-0.2, 0) is 4.74 Å². The minimum Gasteiger partial charge on any atom is -0.383 e. The van der Waals surface area contributed by atoms with Crippen LogP contribution >= 0.6 is 0 Å². The molecule has 0 aliphatic rings. The summed E-state index contributed by atoms with van der Waals surface area (Å²) in [6, 6.07) is 0. The zero-order chi connectivity index (χ0) is 8.04. The highest BCUT2D eigenvalue weighted by Crippen LogP contribution is 2.07. The average Bonchev–Trinajstić information content (AvgIpc) is 1.78. The van der Waals surface area contributed by atoms with Crippen LogP contribution in [0.15, 0.2) is 4.99 Å². The number of methoxy groups -OCH3 is 1. The Kier molecular flexibility index (Phi) is 4.28. The second kappa shape index (κ2) is 4.45. The lowest BCUT2D eigenvalue weighted by atomic mass is 9.99. The highest BCUT2D eigenvalue weighted by Gasteiger charge is 2.03. The third kappa shape index (κ3) is 7.63. The van der Waals surface area contributed by atoms with Gasteiger partial charge in [0.15, 0.2) is 0 Å². The molecular formula is C8H17NO. The molecule has 2 heteroatoms. The minimum absolute atomic E-state index is 0.202. The average molecular weight is 143 g/mol. The Morgan fingerprint density at radius 3 is 2.40 bits per heavy atom. The third-order valence-electron chi connectivity index (χ3n) is 0.903. The molecule has 0 aromatic heterocycles. The smallest absolute Gasteiger partial charge is 0.0657 e. The number of hydrogen-bond acceptors (Lipinski definition) is 2. The first-order chi connectivity index (χ1) is 4.56. The van der Waals surface area contributed by atoms with Gasteiger partial charge in [0, 0.05) is 13.3 Å². The van der Waals surface area contributed by atoms with Crippen molar-refractivity contribution in [3.63, 3.8) is 0 Å². The van der Waals surface area contributed by atoms with Crippen molar-refractivity contribution in [1.29, 1.82) is 0 Å². The maximum atomic E-state index is 4.84. The largest absolute Gasteiger partial charge is 0.383 e. The molecule has 0 spiro atoms. The molecule has 10 heavy (non-hydrogen) atoms. The Morgan fingerprint density at radius 1 is 1.40 bits per heavy atom. The van der Waals surface area contributed by atoms with Crippen LogP contribution in [0.5, 0.6) is 0 Å². The first-order valence-corrected chi connectivity index (χ1v) is 3.56. The van der Waals surface area contributed by atoms with Gasteiger partial charge in [0.1, 0.15) is 0 Å². The number of hydrogen-bond donors (Lipinski definition) is 0. The molecule has 0 unspecified atom stereocenters. The van der Waals surface area contributed by atoms with Crippen LogP contribution in [0, 0.1) is 5.41 Å². The topological polar surface area (TPSA) is 21.6 Å². The summed E-state index contributed by atoms with van der Waals surface area (Å²) in [6.07, 6.45) is 1.96. The molecule has 0 fully saturated rings. The van der Waals surface area contributed by atoms with Crippen molar-refractivity contribution >= 4 is 6.21 Å². The van der Waals surface area contributed by atoms with E-state index in [1.54, 1.807) is 7.11 Å². The Balaban J connectivity index is 3.37. The van der Waals surface area contributed by atoms with Crippen LogP contribution in [0.1, 0.15) is 20.8 Å². The predicted octanol–water partition coefficient (Wildman–Crippen LogP) is 1.75. The summed E-state index contributed by atoms with van der Waals surface area (Å²) in [7, 11) is 1.69. The SMILES string of the molecule is COCC/N=C/C(C)(C)C. The van der Waals surface area contributed by atoms with E-state index >= 15 is 0 Å². The first kappa shape index (κ1) is 9.63. The fourth-order valence-electron chi connectivity index (χ4n) is 0.482. The number of ether oxygens (including phenoxy) is 1. The number of nitrogens with zero attached hydrogens (tertiary/aromatic N) is 1. The van der Waals surface area contributed by atoms with Gasteiger partial charge in [-0.05, 0) is 5.41 Å². The lowest BCUT2D eigenvalue weighted by Gasteiger charge is -2.09. The van der Waals surface area contributed by atoms with E-state index in [0.29, 0.717) is 6.61 Å². The van der Waals surface area contributed by atoms with Crippen molar-refractivity contribution in [1.82, 2.24) is 0 Å². The monoisotopic (exact) mass is 143 g/mol. The normalized spacial score (nSPS) is 12.8. The van der Waals surface area contributed by atoms with Gasteiger partial charge in [-0.15, -0.1) is 0 Å². The van der Waals surface area contributed by atoms with E-state index in [0.717, 1.165) is 6.54 Å². The Hall–Kier alpha value is -0.370. The maximum Gasteiger partial charge on any atom is 0.0657 e. The molecule has 0 aliphatic carbocycles. The van der Waals surface area contributed by atoms with Gasteiger partial charge >= 0.3 is 0 Å². The van der Waals surface area contributed by atoms with E-state index < -0.39 is 0 Å². The zero-order valence-electron chi connectivity index (χ0n) is 7.35. The van der Waals surface area contributed by atoms with E-state index in [4.69, 9.17) is 4.74 Å². The van der Waals surface area contributed by atoms with Gasteiger partial charge in [-0.2, -0.15) is 0 Å². The number of aliphatic imine (C=N–C) groups is 1. The van der Waals surface area contributed by atoms with E-state index in [-0.39, 0.29) is 5.41 Å². The lowest BCUT2D eigenvalue weighted by Crippen LogP contribution is -2.07. The molecule has 0 amide bonds. The highest BCUT2D eigenvalue weighted by molar-refractivity contribution is 5.63. The van der Waals surface area contributed by atoms with Crippen molar-refractivity contribution in [3.05, 3.63) is 0 Å². The van der Waals surface area contributed by atoms with Crippen molar-refractivity contribution < 1.29 is 4.74 Å². The molecule has 0 saturated carbocycles. The minimum atomic E-state index is 0.202. The summed E-state index contributed by atoms with van der Waals surface area (Å²) in [5, 5.41) is 0. The molecule has 0 radical (unpaired) electrons. The third-order valence-corrected chi connectivity index (χ3v) is 0.903. The van der Waals surface area contributed by atoms with Crippen LogP contribution < -0.4 is 0 Å². The second-order valence-electron chi connectivity index (χ2n) is 3.39. The van der Waals surface area contributed by atoms with Gasteiger partial charge < -0.3 is 4.74 Å². The van der Waals surface area contributed by atoms with Gasteiger partial charge in [0.05, 0.1) is 13.2 Å². The highest BCUT2D eigenvalue weighted by atomic mass is 16.5. The van der Waals surface area contributed by atoms with Gasteiger partial charge in [-0.1, -0.05) is 20.8 Å². The fraction of sp³-hybridized carbons (Fsp3) is 0.875. The molecule has 0 atom stereocenters. The Labute approximate surface area is 63.3 Å². The van der Waals surface area contributed by atoms with Crippen molar-refractivity contribution in [3.8, 4) is 0 Å². The summed E-state index contributed by atoms with van der Waals surface area (Å²) < 4.78 is 4.84. The molecule has 0 heterocycles. The van der Waals surface area contributed by atoms with Gasteiger partial charge in [-0.3, -0.25) is 4.99 Å². The predicted molar refractivity (Wildman–Crippen MR) is 44.7 cm³/mol. The fourth-order valence-corrected chi connectivity index (χ4v) is 0.482. The molecular weight excluding hydrogens is 126 g/mol. The van der Waals surface area contributed by atoms with E-state index in [1.165, 1.54) is 0 Å². The second-order valence-corrected chi connectivity index (χ2v) is 3.39. The molecule has 0 rings (SSSR count). The summed E-state index contributed by atoms with van der Waals surface area (Å²) in [5.74, 6) is 0. The molecule has 2 nitrogen and oxygen atoms in total. The molecule has 0 aromatic rings. The van der Waals surface area contributed by atoms with Crippen LogP contribution in [0.2, 0.25) is 0 Å². The van der Waals surface area contributed by atoms with E-state index in [1.807, 2.05) is 6.21 Å². The van der Waals surface area contributed by atoms with Crippen molar-refractivity contribution in [2.45, 2.75) is 20.8 Å². The molecule has 0 saturated heterocycles. The Morgan fingerprint density at radius 2 is 2.00 bits per heavy atom. The van der Waals surface area contributed by atoms with Gasteiger partial charge in [0.2, 0.25) is 0 Å². The molecule has 0 aromatic carbocycles. The van der Waals surface area contributed by atoms with E-state index in [2.05, 4.69) is 25.8 Å². The van der Waals surface area contributed by atoms with Crippen molar-refractivity contribution in [2.75, 3.05) is 20.3 Å². The first-order valence-electron chi connectivity index (χ1n) is 3.56. The summed E-state index contributed by atoms with van der Waals surface area (Å²) in [5.41, 5.74) is 0.202. The number of rotatable bonds is 3. The molecule has 60 valence electrons. The maximum absolute atomic E-state index is 4.84. The molecule has 0 bridgehead atoms. The summed E-state index contributed by atoms with van der Waals surface area (Å²) in [4.78, 5) is 4.18. The van der Waals surface area contributed by atoms with Gasteiger partial charge in [-0.25, -0.2) is 0 Å². The Bertz CT molecular complexity index is 102. The standard InChI is InChI=1S/C8H17NO/c1-8(2,3)7-9-5-6-10-4/h7H,5-6H2,1-4H3/b9-7+. The van der Waals surface area contributed by atoms with Crippen molar-refractivity contribution in [2.24, 2.45) is 10.4 Å².